The van der Waals surface area contributed by atoms with Gasteiger partial charge in [-0.15, -0.1) is 0 Å². The number of hydrogen-bond acceptors (Lipinski definition) is 4. The molecule has 106 valence electrons. The molecule has 0 fully saturated rings. The number of nitrogens with zero attached hydrogens (tertiary/aromatic N) is 3. The normalized spacial score (nSPS) is 13.9. The van der Waals surface area contributed by atoms with E-state index < -0.39 is 18.0 Å². The molecule has 0 aliphatic carbocycles. The molecule has 2 rings (SSSR count). The molecule has 20 heavy (non-hydrogen) atoms. The minimum atomic E-state index is -1.71. The van der Waals surface area contributed by atoms with Gasteiger partial charge in [0.05, 0.1) is 13.0 Å². The highest BCUT2D eigenvalue weighted by atomic mass is 35.5. The van der Waals surface area contributed by atoms with E-state index in [0.29, 0.717) is 5.02 Å². The average molecular weight is 316 g/mol. The molecule has 0 saturated heterocycles. The van der Waals surface area contributed by atoms with E-state index in [-0.39, 0.29) is 17.1 Å². The lowest BCUT2D eigenvalue weighted by atomic mass is 9.90. The molecule has 0 saturated carbocycles. The van der Waals surface area contributed by atoms with Crippen LogP contribution in [0.5, 0.6) is 0 Å². The second-order valence-electron chi connectivity index (χ2n) is 4.32. The summed E-state index contributed by atoms with van der Waals surface area (Å²) in [4.78, 5) is 14.8. The van der Waals surface area contributed by atoms with Crippen LogP contribution in [0.2, 0.25) is 10.0 Å². The number of hydrogen-bond donors (Lipinski definition) is 2. The van der Waals surface area contributed by atoms with E-state index in [2.05, 4.69) is 10.1 Å². The molecule has 6 nitrogen and oxygen atoms in total. The van der Waals surface area contributed by atoms with E-state index in [0.717, 1.165) is 0 Å². The number of benzene rings is 1. The molecule has 1 aromatic carbocycles. The van der Waals surface area contributed by atoms with Gasteiger partial charge in [-0.05, 0) is 12.1 Å². The standard InChI is InChI=1S/C12H11Cl2N3O3/c13-8-1-2-9(10(14)3-8)12(20,4-11(18)19)5-17-7-15-6-16-17/h1-3,6-7,20H,4-5H2,(H,18,19). The van der Waals surface area contributed by atoms with Crippen LogP contribution in [0.3, 0.4) is 0 Å². The number of carbonyl (C=O) groups is 1. The summed E-state index contributed by atoms with van der Waals surface area (Å²) in [6, 6.07) is 4.49. The smallest absolute Gasteiger partial charge is 0.306 e. The molecule has 1 aromatic heterocycles. The van der Waals surface area contributed by atoms with Crippen LogP contribution in [-0.4, -0.2) is 30.9 Å². The Labute approximate surface area is 124 Å². The Morgan fingerprint density at radius 3 is 2.70 bits per heavy atom. The van der Waals surface area contributed by atoms with Crippen molar-refractivity contribution in [3.05, 3.63) is 46.5 Å². The van der Waals surface area contributed by atoms with Crippen LogP contribution < -0.4 is 0 Å². The molecule has 2 N–H and O–H groups in total. The Hall–Kier alpha value is -1.63. The Morgan fingerprint density at radius 2 is 2.15 bits per heavy atom. The van der Waals surface area contributed by atoms with Gasteiger partial charge in [0, 0.05) is 15.6 Å². The summed E-state index contributed by atoms with van der Waals surface area (Å²) in [5, 5.41) is 24.2. The largest absolute Gasteiger partial charge is 0.481 e. The van der Waals surface area contributed by atoms with Gasteiger partial charge in [-0.3, -0.25) is 4.79 Å². The van der Waals surface area contributed by atoms with Crippen LogP contribution in [0.15, 0.2) is 30.9 Å². The first-order valence-electron chi connectivity index (χ1n) is 5.63. The first kappa shape index (κ1) is 14.8. The van der Waals surface area contributed by atoms with Crippen molar-refractivity contribution in [2.24, 2.45) is 0 Å². The number of carboxylic acids is 1. The van der Waals surface area contributed by atoms with E-state index >= 15 is 0 Å². The number of carboxylic acid groups (broad SMARTS) is 1. The van der Waals surface area contributed by atoms with E-state index in [9.17, 15) is 9.90 Å². The number of rotatable bonds is 5. The van der Waals surface area contributed by atoms with Crippen LogP contribution >= 0.6 is 23.2 Å². The summed E-state index contributed by atoms with van der Waals surface area (Å²) >= 11 is 11.9. The van der Waals surface area contributed by atoms with E-state index in [1.54, 1.807) is 0 Å². The highest BCUT2D eigenvalue weighted by Gasteiger charge is 2.35. The van der Waals surface area contributed by atoms with Crippen molar-refractivity contribution in [1.29, 1.82) is 0 Å². The summed E-state index contributed by atoms with van der Waals surface area (Å²) < 4.78 is 1.34. The molecular formula is C12H11Cl2N3O3. The monoisotopic (exact) mass is 315 g/mol. The van der Waals surface area contributed by atoms with Gasteiger partial charge in [-0.1, -0.05) is 29.3 Å². The molecule has 0 aliphatic rings. The Morgan fingerprint density at radius 1 is 1.40 bits per heavy atom. The van der Waals surface area contributed by atoms with Gasteiger partial charge >= 0.3 is 5.97 Å². The van der Waals surface area contributed by atoms with Crippen LogP contribution in [0.25, 0.3) is 0 Å². The van der Waals surface area contributed by atoms with Gasteiger partial charge in [-0.25, -0.2) is 9.67 Å². The SMILES string of the molecule is O=C(O)CC(O)(Cn1cncn1)c1ccc(Cl)cc1Cl. The lowest BCUT2D eigenvalue weighted by Gasteiger charge is -2.27. The molecule has 2 aromatic rings. The van der Waals surface area contributed by atoms with E-state index in [4.69, 9.17) is 28.3 Å². The minimum Gasteiger partial charge on any atom is -0.481 e. The predicted molar refractivity (Wildman–Crippen MR) is 72.6 cm³/mol. The van der Waals surface area contributed by atoms with Crippen molar-refractivity contribution in [3.8, 4) is 0 Å². The van der Waals surface area contributed by atoms with Crippen molar-refractivity contribution in [3.63, 3.8) is 0 Å². The van der Waals surface area contributed by atoms with Crippen LogP contribution in [0, 0.1) is 0 Å². The van der Waals surface area contributed by atoms with Crippen molar-refractivity contribution in [2.75, 3.05) is 0 Å². The molecule has 0 bridgehead atoms. The quantitative estimate of drug-likeness (QED) is 0.880. The van der Waals surface area contributed by atoms with Gasteiger partial charge < -0.3 is 10.2 Å². The Bertz CT molecular complexity index is 618. The summed E-state index contributed by atoms with van der Waals surface area (Å²) in [5.41, 5.74) is -1.43. The fourth-order valence-corrected chi connectivity index (χ4v) is 2.52. The lowest BCUT2D eigenvalue weighted by molar-refractivity contribution is -0.143. The molecule has 8 heteroatoms. The predicted octanol–water partition coefficient (Wildman–Crippen LogP) is 1.95. The topological polar surface area (TPSA) is 88.2 Å². The molecule has 0 aliphatic heterocycles. The minimum absolute atomic E-state index is 0.0827. The fourth-order valence-electron chi connectivity index (χ4n) is 1.94. The van der Waals surface area contributed by atoms with Crippen molar-refractivity contribution in [2.45, 2.75) is 18.6 Å². The van der Waals surface area contributed by atoms with Crippen molar-refractivity contribution in [1.82, 2.24) is 14.8 Å². The highest BCUT2D eigenvalue weighted by molar-refractivity contribution is 6.35. The Kier molecular flexibility index (Phi) is 4.27. The number of aliphatic hydroxyl groups is 1. The molecule has 0 radical (unpaired) electrons. The van der Waals surface area contributed by atoms with E-state index in [1.165, 1.54) is 35.5 Å². The summed E-state index contributed by atoms with van der Waals surface area (Å²) in [5.74, 6) is -1.15. The van der Waals surface area contributed by atoms with Crippen molar-refractivity contribution < 1.29 is 15.0 Å². The molecular weight excluding hydrogens is 305 g/mol. The molecule has 0 spiro atoms. The lowest BCUT2D eigenvalue weighted by Crippen LogP contribution is -2.34. The zero-order valence-corrected chi connectivity index (χ0v) is 11.7. The summed E-state index contributed by atoms with van der Waals surface area (Å²) in [7, 11) is 0. The maximum Gasteiger partial charge on any atom is 0.306 e. The Balaban J connectivity index is 2.42. The molecule has 1 heterocycles. The third-order valence-corrected chi connectivity index (χ3v) is 3.31. The zero-order valence-electron chi connectivity index (χ0n) is 10.2. The van der Waals surface area contributed by atoms with Crippen LogP contribution in [-0.2, 0) is 16.9 Å². The zero-order chi connectivity index (χ0) is 14.8. The third kappa shape index (κ3) is 3.27. The van der Waals surface area contributed by atoms with Gasteiger partial charge in [0.25, 0.3) is 0 Å². The number of halogens is 2. The summed E-state index contributed by atoms with van der Waals surface area (Å²) in [6.07, 6.45) is 2.16. The van der Waals surface area contributed by atoms with Gasteiger partial charge in [0.15, 0.2) is 0 Å². The number of aliphatic carboxylic acids is 1. The van der Waals surface area contributed by atoms with Crippen molar-refractivity contribution >= 4 is 29.2 Å². The summed E-state index contributed by atoms with van der Waals surface area (Å²) in [6.45, 7) is -0.0827. The maximum absolute atomic E-state index is 11.0. The maximum atomic E-state index is 11.0. The van der Waals surface area contributed by atoms with E-state index in [1.807, 2.05) is 0 Å². The number of aromatic nitrogens is 3. The molecule has 0 amide bonds. The fraction of sp³-hybridized carbons (Fsp3) is 0.250. The highest BCUT2D eigenvalue weighted by Crippen LogP contribution is 2.34. The van der Waals surface area contributed by atoms with Gasteiger partial charge in [0.2, 0.25) is 0 Å². The van der Waals surface area contributed by atoms with Gasteiger partial charge in [-0.2, -0.15) is 5.10 Å². The molecule has 1 atom stereocenters. The average Bonchev–Trinajstić information content (AvgIpc) is 2.79. The first-order chi connectivity index (χ1) is 9.40. The third-order valence-electron chi connectivity index (χ3n) is 2.77. The van der Waals surface area contributed by atoms with Gasteiger partial charge in [0.1, 0.15) is 18.3 Å². The van der Waals surface area contributed by atoms with Crippen LogP contribution in [0.1, 0.15) is 12.0 Å². The second-order valence-corrected chi connectivity index (χ2v) is 5.16. The first-order valence-corrected chi connectivity index (χ1v) is 6.38. The molecule has 1 unspecified atom stereocenters. The second kappa shape index (κ2) is 5.78. The van der Waals surface area contributed by atoms with Crippen LogP contribution in [0.4, 0.5) is 0 Å².